The van der Waals surface area contributed by atoms with Crippen molar-refractivity contribution in [3.05, 3.63) is 59.2 Å². The number of ether oxygens (including phenoxy) is 1. The smallest absolute Gasteiger partial charge is 0.261 e. The van der Waals surface area contributed by atoms with Crippen LogP contribution in [0.15, 0.2) is 47.4 Å². The van der Waals surface area contributed by atoms with Crippen LogP contribution in [0.1, 0.15) is 55.2 Å². The molecule has 0 spiro atoms. The molecule has 2 N–H and O–H groups in total. The van der Waals surface area contributed by atoms with E-state index in [9.17, 15) is 13.2 Å². The van der Waals surface area contributed by atoms with Crippen molar-refractivity contribution in [3.63, 3.8) is 0 Å². The standard InChI is InChI=1S/C25H30N2O4S/c28-24(26-17-22-6-3-15-31-22)25(13-14-25)20-8-10-21(11-9-20)27-32(29,30)23-12-7-18-4-1-2-5-19(18)16-23/h7-12,16,22,27H,1-6,13-15,17H2,(H,26,28)/t22-/m1/s1. The lowest BCUT2D eigenvalue weighted by Gasteiger charge is -2.19. The van der Waals surface area contributed by atoms with Crippen molar-refractivity contribution in [2.24, 2.45) is 0 Å². The first kappa shape index (κ1) is 21.5. The fourth-order valence-electron chi connectivity index (χ4n) is 4.90. The predicted octanol–water partition coefficient (Wildman–Crippen LogP) is 3.69. The average Bonchev–Trinajstić information content (AvgIpc) is 3.45. The second-order valence-electron chi connectivity index (χ2n) is 9.25. The number of sulfonamides is 1. The van der Waals surface area contributed by atoms with Crippen LogP contribution in [0.4, 0.5) is 5.69 Å². The Morgan fingerprint density at radius 2 is 1.75 bits per heavy atom. The van der Waals surface area contributed by atoms with E-state index in [4.69, 9.17) is 4.74 Å². The Labute approximate surface area is 189 Å². The van der Waals surface area contributed by atoms with Crippen LogP contribution >= 0.6 is 0 Å². The molecular formula is C25H30N2O4S. The number of fused-ring (bicyclic) bond motifs is 1. The van der Waals surface area contributed by atoms with Gasteiger partial charge < -0.3 is 10.1 Å². The summed E-state index contributed by atoms with van der Waals surface area (Å²) in [6.45, 7) is 1.33. The Morgan fingerprint density at radius 3 is 2.44 bits per heavy atom. The number of nitrogens with one attached hydrogen (secondary N) is 2. The summed E-state index contributed by atoms with van der Waals surface area (Å²) in [5.41, 5.74) is 3.33. The number of carbonyl (C=O) groups is 1. The van der Waals surface area contributed by atoms with Crippen molar-refractivity contribution in [3.8, 4) is 0 Å². The molecule has 0 bridgehead atoms. The molecule has 7 heteroatoms. The third-order valence-corrected chi connectivity index (χ3v) is 8.40. The SMILES string of the molecule is O=C(NC[C@H]1CCCO1)C1(c2ccc(NS(=O)(=O)c3ccc4c(c3)CCCC4)cc2)CC1. The summed E-state index contributed by atoms with van der Waals surface area (Å²) < 4.78 is 34.1. The van der Waals surface area contributed by atoms with Crippen LogP contribution in [-0.4, -0.2) is 33.6 Å². The van der Waals surface area contributed by atoms with E-state index in [1.54, 1.807) is 18.2 Å². The van der Waals surface area contributed by atoms with Gasteiger partial charge in [-0.05, 0) is 92.3 Å². The highest BCUT2D eigenvalue weighted by atomic mass is 32.2. The summed E-state index contributed by atoms with van der Waals surface area (Å²) in [4.78, 5) is 13.1. The number of aryl methyl sites for hydroxylation is 2. The second-order valence-corrected chi connectivity index (χ2v) is 10.9. The summed E-state index contributed by atoms with van der Waals surface area (Å²) in [5.74, 6) is 0.0374. The molecule has 0 aromatic heterocycles. The zero-order chi connectivity index (χ0) is 22.2. The Balaban J connectivity index is 1.26. The maximum atomic E-state index is 12.9. The van der Waals surface area contributed by atoms with Gasteiger partial charge in [0.1, 0.15) is 0 Å². The van der Waals surface area contributed by atoms with Crippen LogP contribution in [0.3, 0.4) is 0 Å². The third kappa shape index (κ3) is 4.28. The van der Waals surface area contributed by atoms with Crippen LogP contribution in [0, 0.1) is 0 Å². The van der Waals surface area contributed by atoms with Gasteiger partial charge in [-0.25, -0.2) is 8.42 Å². The molecule has 1 saturated heterocycles. The van der Waals surface area contributed by atoms with Gasteiger partial charge in [0.25, 0.3) is 10.0 Å². The van der Waals surface area contributed by atoms with Crippen molar-refractivity contribution in [1.29, 1.82) is 0 Å². The van der Waals surface area contributed by atoms with Crippen LogP contribution < -0.4 is 10.0 Å². The number of hydrogen-bond acceptors (Lipinski definition) is 4. The first-order chi connectivity index (χ1) is 15.5. The van der Waals surface area contributed by atoms with Crippen LogP contribution in [0.25, 0.3) is 0 Å². The minimum Gasteiger partial charge on any atom is -0.376 e. The molecule has 1 atom stereocenters. The highest BCUT2D eigenvalue weighted by molar-refractivity contribution is 7.92. The van der Waals surface area contributed by atoms with Gasteiger partial charge in [0.05, 0.1) is 16.4 Å². The van der Waals surface area contributed by atoms with E-state index < -0.39 is 15.4 Å². The summed E-state index contributed by atoms with van der Waals surface area (Å²) in [7, 11) is -3.66. The monoisotopic (exact) mass is 454 g/mol. The Bertz CT molecular complexity index is 1100. The summed E-state index contributed by atoms with van der Waals surface area (Å²) in [6, 6.07) is 12.7. The molecule has 32 heavy (non-hydrogen) atoms. The molecule has 1 aliphatic heterocycles. The van der Waals surface area contributed by atoms with Crippen molar-refractivity contribution >= 4 is 21.6 Å². The van der Waals surface area contributed by atoms with Gasteiger partial charge in [-0.3, -0.25) is 9.52 Å². The largest absolute Gasteiger partial charge is 0.376 e. The number of rotatable bonds is 7. The molecule has 2 aromatic rings. The van der Waals surface area contributed by atoms with E-state index in [2.05, 4.69) is 10.0 Å². The van der Waals surface area contributed by atoms with Gasteiger partial charge in [-0.1, -0.05) is 18.2 Å². The lowest BCUT2D eigenvalue weighted by Crippen LogP contribution is -2.39. The van der Waals surface area contributed by atoms with Gasteiger partial charge in [-0.2, -0.15) is 0 Å². The molecule has 2 aliphatic carbocycles. The van der Waals surface area contributed by atoms with E-state index in [0.29, 0.717) is 17.1 Å². The maximum Gasteiger partial charge on any atom is 0.261 e. The third-order valence-electron chi connectivity index (χ3n) is 7.02. The number of carbonyl (C=O) groups excluding carboxylic acids is 1. The van der Waals surface area contributed by atoms with Crippen LogP contribution in [-0.2, 0) is 37.8 Å². The van der Waals surface area contributed by atoms with E-state index in [1.807, 2.05) is 24.3 Å². The molecular weight excluding hydrogens is 424 g/mol. The first-order valence-corrected chi connectivity index (χ1v) is 13.1. The van der Waals surface area contributed by atoms with Gasteiger partial charge >= 0.3 is 0 Å². The molecule has 2 aromatic carbocycles. The highest BCUT2D eigenvalue weighted by Gasteiger charge is 2.51. The molecule has 0 unspecified atom stereocenters. The minimum absolute atomic E-state index is 0.0374. The average molecular weight is 455 g/mol. The Hall–Kier alpha value is -2.38. The highest BCUT2D eigenvalue weighted by Crippen LogP contribution is 2.48. The normalized spacial score (nSPS) is 21.6. The second kappa shape index (κ2) is 8.52. The Morgan fingerprint density at radius 1 is 1.00 bits per heavy atom. The zero-order valence-corrected chi connectivity index (χ0v) is 19.0. The maximum absolute atomic E-state index is 12.9. The molecule has 170 valence electrons. The molecule has 1 amide bonds. The van der Waals surface area contributed by atoms with Gasteiger partial charge in [0.2, 0.25) is 5.91 Å². The lowest BCUT2D eigenvalue weighted by molar-refractivity contribution is -0.124. The molecule has 0 radical (unpaired) electrons. The minimum atomic E-state index is -3.66. The van der Waals surface area contributed by atoms with Crippen molar-refractivity contribution < 1.29 is 17.9 Å². The number of anilines is 1. The first-order valence-electron chi connectivity index (χ1n) is 11.6. The summed E-state index contributed by atoms with van der Waals surface area (Å²) in [6.07, 6.45) is 8.01. The molecule has 3 aliphatic rings. The quantitative estimate of drug-likeness (QED) is 0.668. The van der Waals surface area contributed by atoms with Gasteiger partial charge in [-0.15, -0.1) is 0 Å². The van der Waals surface area contributed by atoms with Crippen molar-refractivity contribution in [2.45, 2.75) is 67.8 Å². The molecule has 5 rings (SSSR count). The van der Waals surface area contributed by atoms with Gasteiger partial charge in [0.15, 0.2) is 0 Å². The summed E-state index contributed by atoms with van der Waals surface area (Å²) >= 11 is 0. The molecule has 6 nitrogen and oxygen atoms in total. The molecule has 2 fully saturated rings. The Kier molecular flexibility index (Phi) is 5.72. The van der Waals surface area contributed by atoms with E-state index in [-0.39, 0.29) is 12.0 Å². The number of hydrogen-bond donors (Lipinski definition) is 2. The van der Waals surface area contributed by atoms with Crippen molar-refractivity contribution in [2.75, 3.05) is 17.9 Å². The fraction of sp³-hybridized carbons (Fsp3) is 0.480. The molecule has 1 saturated carbocycles. The zero-order valence-electron chi connectivity index (χ0n) is 18.2. The molecule has 1 heterocycles. The van der Waals surface area contributed by atoms with E-state index >= 15 is 0 Å². The van der Waals surface area contributed by atoms with E-state index in [0.717, 1.165) is 69.1 Å². The van der Waals surface area contributed by atoms with Crippen molar-refractivity contribution in [1.82, 2.24) is 5.32 Å². The van der Waals surface area contributed by atoms with Gasteiger partial charge in [0, 0.05) is 18.8 Å². The van der Waals surface area contributed by atoms with E-state index in [1.165, 1.54) is 5.56 Å². The topological polar surface area (TPSA) is 84.5 Å². The summed E-state index contributed by atoms with van der Waals surface area (Å²) in [5, 5.41) is 3.05. The predicted molar refractivity (Wildman–Crippen MR) is 123 cm³/mol. The number of benzene rings is 2. The number of amides is 1. The fourth-order valence-corrected chi connectivity index (χ4v) is 6.01. The van der Waals surface area contributed by atoms with Crippen LogP contribution in [0.2, 0.25) is 0 Å². The van der Waals surface area contributed by atoms with Crippen LogP contribution in [0.5, 0.6) is 0 Å². The lowest BCUT2D eigenvalue weighted by atomic mass is 9.92.